The normalized spacial score (nSPS) is 10.2. The zero-order valence-electron chi connectivity index (χ0n) is 7.32. The first-order chi connectivity index (χ1) is 6.25. The van der Waals surface area contributed by atoms with Crippen LogP contribution in [0.1, 0.15) is 4.88 Å². The molecule has 0 spiro atoms. The van der Waals surface area contributed by atoms with Gasteiger partial charge in [-0.1, -0.05) is 12.1 Å². The van der Waals surface area contributed by atoms with Gasteiger partial charge in [0.05, 0.1) is 0 Å². The Balaban J connectivity index is 2.46. The van der Waals surface area contributed by atoms with Crippen LogP contribution in [0.25, 0.3) is 11.1 Å². The van der Waals surface area contributed by atoms with Gasteiger partial charge in [0, 0.05) is 4.88 Å². The predicted octanol–water partition coefficient (Wildman–Crippen LogP) is 3.43. The van der Waals surface area contributed by atoms with E-state index in [9.17, 15) is 5.11 Å². The molecule has 66 valence electrons. The number of phenols is 1. The average Bonchev–Trinajstić information content (AvgIpc) is 2.52. The van der Waals surface area contributed by atoms with Crippen LogP contribution in [0, 0.1) is 6.92 Å². The predicted molar refractivity (Wildman–Crippen MR) is 56.2 cm³/mol. The van der Waals surface area contributed by atoms with Crippen LogP contribution in [0.5, 0.6) is 5.75 Å². The molecule has 1 aromatic carbocycles. The number of benzene rings is 1. The minimum atomic E-state index is 0.321. The van der Waals surface area contributed by atoms with Gasteiger partial charge < -0.3 is 5.11 Å². The highest BCUT2D eigenvalue weighted by atomic mass is 32.1. The van der Waals surface area contributed by atoms with E-state index in [1.54, 1.807) is 23.5 Å². The Morgan fingerprint density at radius 1 is 1.15 bits per heavy atom. The molecular weight excluding hydrogens is 180 g/mol. The summed E-state index contributed by atoms with van der Waals surface area (Å²) < 4.78 is 0. The lowest BCUT2D eigenvalue weighted by atomic mass is 10.1. The van der Waals surface area contributed by atoms with E-state index in [0.717, 1.165) is 5.56 Å². The molecule has 2 rings (SSSR count). The smallest absolute Gasteiger partial charge is 0.116 e. The van der Waals surface area contributed by atoms with E-state index in [-0.39, 0.29) is 0 Å². The molecule has 2 heteroatoms. The second-order valence-electron chi connectivity index (χ2n) is 3.00. The first kappa shape index (κ1) is 8.32. The summed E-state index contributed by atoms with van der Waals surface area (Å²) in [6.45, 7) is 2.08. The van der Waals surface area contributed by atoms with E-state index in [4.69, 9.17) is 0 Å². The van der Waals surface area contributed by atoms with Crippen molar-refractivity contribution in [2.75, 3.05) is 0 Å². The second kappa shape index (κ2) is 3.23. The molecule has 0 saturated carbocycles. The molecule has 13 heavy (non-hydrogen) atoms. The molecule has 0 radical (unpaired) electrons. The van der Waals surface area contributed by atoms with Crippen molar-refractivity contribution in [1.82, 2.24) is 0 Å². The van der Waals surface area contributed by atoms with E-state index in [1.165, 1.54) is 10.4 Å². The zero-order valence-corrected chi connectivity index (χ0v) is 8.14. The van der Waals surface area contributed by atoms with Gasteiger partial charge in [-0.15, -0.1) is 11.3 Å². The molecule has 0 amide bonds. The topological polar surface area (TPSA) is 20.2 Å². The Morgan fingerprint density at radius 2 is 2.00 bits per heavy atom. The Kier molecular flexibility index (Phi) is 2.07. The molecule has 0 aliphatic rings. The molecule has 0 saturated heterocycles. The van der Waals surface area contributed by atoms with Crippen LogP contribution < -0.4 is 0 Å². The first-order valence-electron chi connectivity index (χ1n) is 4.10. The third-order valence-corrected chi connectivity index (χ3v) is 2.77. The molecule has 0 aliphatic heterocycles. The van der Waals surface area contributed by atoms with Gasteiger partial charge in [-0.25, -0.2) is 0 Å². The van der Waals surface area contributed by atoms with Crippen LogP contribution >= 0.6 is 11.3 Å². The monoisotopic (exact) mass is 190 g/mol. The minimum absolute atomic E-state index is 0.321. The first-order valence-corrected chi connectivity index (χ1v) is 4.98. The lowest BCUT2D eigenvalue weighted by molar-refractivity contribution is 0.475. The fourth-order valence-electron chi connectivity index (χ4n) is 1.28. The van der Waals surface area contributed by atoms with Crippen molar-refractivity contribution in [3.8, 4) is 16.9 Å². The van der Waals surface area contributed by atoms with Gasteiger partial charge in [0.1, 0.15) is 5.75 Å². The summed E-state index contributed by atoms with van der Waals surface area (Å²) in [5.74, 6) is 0.321. The Morgan fingerprint density at radius 3 is 2.62 bits per heavy atom. The van der Waals surface area contributed by atoms with Crippen LogP contribution in [0.3, 0.4) is 0 Å². The molecule has 1 aromatic heterocycles. The lowest BCUT2D eigenvalue weighted by Gasteiger charge is -1.97. The second-order valence-corrected chi connectivity index (χ2v) is 4.11. The van der Waals surface area contributed by atoms with Gasteiger partial charge in [-0.2, -0.15) is 0 Å². The van der Waals surface area contributed by atoms with E-state index in [1.807, 2.05) is 12.1 Å². The number of aryl methyl sites for hydroxylation is 1. The summed E-state index contributed by atoms with van der Waals surface area (Å²) in [6, 6.07) is 9.45. The number of phenolic OH excluding ortho intramolecular Hbond substituents is 1. The highest BCUT2D eigenvalue weighted by molar-refractivity contribution is 7.10. The van der Waals surface area contributed by atoms with Crippen molar-refractivity contribution in [3.63, 3.8) is 0 Å². The standard InChI is InChI=1S/C11H10OS/c1-8-5-10(7-13-8)9-3-2-4-11(12)6-9/h2-7,12H,1H3. The van der Waals surface area contributed by atoms with Crippen molar-refractivity contribution < 1.29 is 5.11 Å². The Labute approximate surface area is 81.3 Å². The van der Waals surface area contributed by atoms with Crippen molar-refractivity contribution in [2.24, 2.45) is 0 Å². The molecule has 0 aliphatic carbocycles. The number of thiophene rings is 1. The fourth-order valence-corrected chi connectivity index (χ4v) is 1.99. The molecule has 1 nitrogen and oxygen atoms in total. The minimum Gasteiger partial charge on any atom is -0.508 e. The van der Waals surface area contributed by atoms with Gasteiger partial charge in [0.25, 0.3) is 0 Å². The number of hydrogen-bond acceptors (Lipinski definition) is 2. The number of rotatable bonds is 1. The largest absolute Gasteiger partial charge is 0.508 e. The van der Waals surface area contributed by atoms with Crippen LogP contribution in [0.4, 0.5) is 0 Å². The summed E-state index contributed by atoms with van der Waals surface area (Å²) in [5, 5.41) is 11.4. The van der Waals surface area contributed by atoms with Crippen molar-refractivity contribution in [3.05, 3.63) is 40.6 Å². The lowest BCUT2D eigenvalue weighted by Crippen LogP contribution is -1.72. The summed E-state index contributed by atoms with van der Waals surface area (Å²) in [5.41, 5.74) is 2.25. The SMILES string of the molecule is Cc1cc(-c2cccc(O)c2)cs1. The average molecular weight is 190 g/mol. The molecular formula is C11H10OS. The molecule has 0 bridgehead atoms. The summed E-state index contributed by atoms with van der Waals surface area (Å²) in [4.78, 5) is 1.29. The molecule has 0 atom stereocenters. The third kappa shape index (κ3) is 1.73. The van der Waals surface area contributed by atoms with E-state index in [0.29, 0.717) is 5.75 Å². The van der Waals surface area contributed by atoms with Gasteiger partial charge in [-0.3, -0.25) is 0 Å². The molecule has 0 unspecified atom stereocenters. The summed E-state index contributed by atoms with van der Waals surface area (Å²) in [6.07, 6.45) is 0. The van der Waals surface area contributed by atoms with Gasteiger partial charge in [-0.05, 0) is 41.6 Å². The zero-order chi connectivity index (χ0) is 9.26. The van der Waals surface area contributed by atoms with Crippen LogP contribution in [0.2, 0.25) is 0 Å². The maximum Gasteiger partial charge on any atom is 0.116 e. The maximum absolute atomic E-state index is 9.28. The van der Waals surface area contributed by atoms with Crippen molar-refractivity contribution in [1.29, 1.82) is 0 Å². The molecule has 1 heterocycles. The van der Waals surface area contributed by atoms with Crippen LogP contribution in [0.15, 0.2) is 35.7 Å². The van der Waals surface area contributed by atoms with Gasteiger partial charge in [0.2, 0.25) is 0 Å². The Bertz CT molecular complexity index is 418. The van der Waals surface area contributed by atoms with Crippen molar-refractivity contribution in [2.45, 2.75) is 6.92 Å². The number of hydrogen-bond donors (Lipinski definition) is 1. The van der Waals surface area contributed by atoms with E-state index >= 15 is 0 Å². The number of aromatic hydroxyl groups is 1. The highest BCUT2D eigenvalue weighted by Crippen LogP contribution is 2.27. The van der Waals surface area contributed by atoms with E-state index in [2.05, 4.69) is 18.4 Å². The summed E-state index contributed by atoms with van der Waals surface area (Å²) >= 11 is 1.72. The third-order valence-electron chi connectivity index (χ3n) is 1.91. The highest BCUT2D eigenvalue weighted by Gasteiger charge is 1.99. The quantitative estimate of drug-likeness (QED) is 0.730. The van der Waals surface area contributed by atoms with E-state index < -0.39 is 0 Å². The summed E-state index contributed by atoms with van der Waals surface area (Å²) in [7, 11) is 0. The molecule has 1 N–H and O–H groups in total. The van der Waals surface area contributed by atoms with Gasteiger partial charge in [0.15, 0.2) is 0 Å². The fraction of sp³-hybridized carbons (Fsp3) is 0.0909. The molecule has 0 fully saturated rings. The maximum atomic E-state index is 9.28. The van der Waals surface area contributed by atoms with Crippen LogP contribution in [-0.2, 0) is 0 Å². The van der Waals surface area contributed by atoms with Crippen molar-refractivity contribution >= 4 is 11.3 Å². The van der Waals surface area contributed by atoms with Gasteiger partial charge >= 0.3 is 0 Å². The molecule has 2 aromatic rings. The Hall–Kier alpha value is -1.28. The van der Waals surface area contributed by atoms with Crippen LogP contribution in [-0.4, -0.2) is 5.11 Å².